The Labute approximate surface area is 64.6 Å². The summed E-state index contributed by atoms with van der Waals surface area (Å²) < 4.78 is 0. The van der Waals surface area contributed by atoms with Gasteiger partial charge in [-0.3, -0.25) is 0 Å². The van der Waals surface area contributed by atoms with Gasteiger partial charge in [0.1, 0.15) is 0 Å². The molecule has 58 valence electrons. The van der Waals surface area contributed by atoms with E-state index in [-0.39, 0.29) is 0 Å². The van der Waals surface area contributed by atoms with Gasteiger partial charge in [0.2, 0.25) is 0 Å². The van der Waals surface area contributed by atoms with E-state index in [0.29, 0.717) is 5.92 Å². The van der Waals surface area contributed by atoms with E-state index in [1.165, 1.54) is 12.0 Å². The molecule has 0 heteroatoms. The molecule has 10 heavy (non-hydrogen) atoms. The quantitative estimate of drug-likeness (QED) is 0.521. The standard InChI is InChI=1S/C10H18/c1-5-7-8-10(6-2)9(3)4/h5,7,10H,3,6,8H2,1-2,4H3. The van der Waals surface area contributed by atoms with Gasteiger partial charge in [-0.2, -0.15) is 0 Å². The van der Waals surface area contributed by atoms with Crippen LogP contribution in [0, 0.1) is 5.92 Å². The van der Waals surface area contributed by atoms with E-state index < -0.39 is 0 Å². The fourth-order valence-corrected chi connectivity index (χ4v) is 1.02. The molecule has 0 aliphatic heterocycles. The number of hydrogen-bond donors (Lipinski definition) is 0. The van der Waals surface area contributed by atoms with Gasteiger partial charge in [-0.05, 0) is 32.6 Å². The van der Waals surface area contributed by atoms with E-state index in [1.54, 1.807) is 0 Å². The first-order valence-electron chi connectivity index (χ1n) is 3.98. The summed E-state index contributed by atoms with van der Waals surface area (Å²) in [5, 5.41) is 0. The molecule has 0 aromatic heterocycles. The van der Waals surface area contributed by atoms with Crippen molar-refractivity contribution in [2.45, 2.75) is 33.6 Å². The first-order valence-corrected chi connectivity index (χ1v) is 3.98. The molecule has 0 N–H and O–H groups in total. The van der Waals surface area contributed by atoms with Crippen molar-refractivity contribution in [3.05, 3.63) is 24.3 Å². The minimum absolute atomic E-state index is 0.691. The van der Waals surface area contributed by atoms with Crippen molar-refractivity contribution < 1.29 is 0 Å². The van der Waals surface area contributed by atoms with Crippen LogP contribution in [0.2, 0.25) is 0 Å². The predicted molar refractivity (Wildman–Crippen MR) is 48.0 cm³/mol. The lowest BCUT2D eigenvalue weighted by Crippen LogP contribution is -1.96. The lowest BCUT2D eigenvalue weighted by atomic mass is 9.95. The first kappa shape index (κ1) is 9.48. The topological polar surface area (TPSA) is 0 Å². The van der Waals surface area contributed by atoms with Crippen molar-refractivity contribution in [3.63, 3.8) is 0 Å². The maximum atomic E-state index is 3.95. The third-order valence-electron chi connectivity index (χ3n) is 1.85. The lowest BCUT2D eigenvalue weighted by molar-refractivity contribution is 0.602. The maximum absolute atomic E-state index is 3.95. The van der Waals surface area contributed by atoms with Gasteiger partial charge in [0.05, 0.1) is 0 Å². The molecule has 0 fully saturated rings. The Bertz CT molecular complexity index is 120. The summed E-state index contributed by atoms with van der Waals surface area (Å²) in [5.74, 6) is 0.691. The summed E-state index contributed by atoms with van der Waals surface area (Å²) in [7, 11) is 0. The van der Waals surface area contributed by atoms with Gasteiger partial charge < -0.3 is 0 Å². The Morgan fingerprint density at radius 2 is 2.20 bits per heavy atom. The largest absolute Gasteiger partial charge is 0.0998 e. The highest BCUT2D eigenvalue weighted by atomic mass is 14.1. The second kappa shape index (κ2) is 5.28. The fourth-order valence-electron chi connectivity index (χ4n) is 1.02. The van der Waals surface area contributed by atoms with Crippen LogP contribution in [0.25, 0.3) is 0 Å². The third-order valence-corrected chi connectivity index (χ3v) is 1.85. The summed E-state index contributed by atoms with van der Waals surface area (Å²) in [4.78, 5) is 0. The van der Waals surface area contributed by atoms with Crippen LogP contribution in [-0.2, 0) is 0 Å². The average molecular weight is 138 g/mol. The molecular formula is C10H18. The zero-order valence-electron chi connectivity index (χ0n) is 7.35. The monoisotopic (exact) mass is 138 g/mol. The molecule has 0 aromatic carbocycles. The second-order valence-electron chi connectivity index (χ2n) is 2.76. The third kappa shape index (κ3) is 3.49. The summed E-state index contributed by atoms with van der Waals surface area (Å²) in [6.45, 7) is 10.3. The minimum atomic E-state index is 0.691. The van der Waals surface area contributed by atoms with Crippen molar-refractivity contribution in [1.82, 2.24) is 0 Å². The number of allylic oxidation sites excluding steroid dienone is 3. The van der Waals surface area contributed by atoms with Crippen molar-refractivity contribution >= 4 is 0 Å². The molecule has 0 aromatic rings. The highest BCUT2D eigenvalue weighted by molar-refractivity contribution is 4.98. The normalized spacial score (nSPS) is 13.9. The van der Waals surface area contributed by atoms with Crippen LogP contribution in [-0.4, -0.2) is 0 Å². The Morgan fingerprint density at radius 3 is 2.50 bits per heavy atom. The van der Waals surface area contributed by atoms with Crippen molar-refractivity contribution in [1.29, 1.82) is 0 Å². The van der Waals surface area contributed by atoms with E-state index in [1.807, 2.05) is 0 Å². The summed E-state index contributed by atoms with van der Waals surface area (Å²) in [6, 6.07) is 0. The van der Waals surface area contributed by atoms with Crippen LogP contribution < -0.4 is 0 Å². The highest BCUT2D eigenvalue weighted by Crippen LogP contribution is 2.16. The average Bonchev–Trinajstić information content (AvgIpc) is 1.89. The van der Waals surface area contributed by atoms with Crippen LogP contribution in [0.1, 0.15) is 33.6 Å². The molecule has 1 atom stereocenters. The molecule has 1 unspecified atom stereocenters. The number of rotatable bonds is 4. The first-order chi connectivity index (χ1) is 4.72. The molecule has 0 rings (SSSR count). The minimum Gasteiger partial charge on any atom is -0.0998 e. The Morgan fingerprint density at radius 1 is 1.60 bits per heavy atom. The van der Waals surface area contributed by atoms with Crippen molar-refractivity contribution in [3.8, 4) is 0 Å². The molecule has 0 saturated heterocycles. The summed E-state index contributed by atoms with van der Waals surface area (Å²) >= 11 is 0. The SMILES string of the molecule is C=C(C)C(CC)CC=CC. The number of hydrogen-bond acceptors (Lipinski definition) is 0. The second-order valence-corrected chi connectivity index (χ2v) is 2.76. The van der Waals surface area contributed by atoms with E-state index >= 15 is 0 Å². The van der Waals surface area contributed by atoms with Crippen LogP contribution in [0.5, 0.6) is 0 Å². The van der Waals surface area contributed by atoms with Crippen LogP contribution in [0.15, 0.2) is 24.3 Å². The maximum Gasteiger partial charge on any atom is -0.0177 e. The van der Waals surface area contributed by atoms with Gasteiger partial charge in [-0.15, -0.1) is 0 Å². The molecule has 0 radical (unpaired) electrons. The van der Waals surface area contributed by atoms with Gasteiger partial charge in [-0.1, -0.05) is 31.2 Å². The molecule has 0 spiro atoms. The van der Waals surface area contributed by atoms with Gasteiger partial charge in [0.25, 0.3) is 0 Å². The van der Waals surface area contributed by atoms with E-state index in [2.05, 4.69) is 39.5 Å². The Balaban J connectivity index is 3.71. The van der Waals surface area contributed by atoms with E-state index in [4.69, 9.17) is 0 Å². The smallest absolute Gasteiger partial charge is 0.0177 e. The summed E-state index contributed by atoms with van der Waals surface area (Å²) in [6.07, 6.45) is 6.68. The van der Waals surface area contributed by atoms with Gasteiger partial charge >= 0.3 is 0 Å². The molecule has 0 aliphatic rings. The van der Waals surface area contributed by atoms with Gasteiger partial charge in [0.15, 0.2) is 0 Å². The van der Waals surface area contributed by atoms with Crippen LogP contribution in [0.3, 0.4) is 0 Å². The Hall–Kier alpha value is -0.520. The molecule has 0 amide bonds. The lowest BCUT2D eigenvalue weighted by Gasteiger charge is -2.10. The fraction of sp³-hybridized carbons (Fsp3) is 0.600. The zero-order valence-corrected chi connectivity index (χ0v) is 7.35. The zero-order chi connectivity index (χ0) is 7.98. The molecule has 0 nitrogen and oxygen atoms in total. The van der Waals surface area contributed by atoms with E-state index in [0.717, 1.165) is 6.42 Å². The van der Waals surface area contributed by atoms with Crippen LogP contribution >= 0.6 is 0 Å². The van der Waals surface area contributed by atoms with Crippen molar-refractivity contribution in [2.75, 3.05) is 0 Å². The summed E-state index contributed by atoms with van der Waals surface area (Å²) in [5.41, 5.74) is 1.31. The van der Waals surface area contributed by atoms with Gasteiger partial charge in [0, 0.05) is 0 Å². The molecule has 0 bridgehead atoms. The molecule has 0 saturated carbocycles. The van der Waals surface area contributed by atoms with Crippen LogP contribution in [0.4, 0.5) is 0 Å². The Kier molecular flexibility index (Phi) is 5.00. The van der Waals surface area contributed by atoms with Gasteiger partial charge in [-0.25, -0.2) is 0 Å². The predicted octanol–water partition coefficient (Wildman–Crippen LogP) is 3.55. The highest BCUT2D eigenvalue weighted by Gasteiger charge is 2.02. The van der Waals surface area contributed by atoms with E-state index in [9.17, 15) is 0 Å². The molecule has 0 aliphatic carbocycles. The van der Waals surface area contributed by atoms with Crippen molar-refractivity contribution in [2.24, 2.45) is 5.92 Å². The molecular weight excluding hydrogens is 120 g/mol. The molecule has 0 heterocycles.